The first-order chi connectivity index (χ1) is 13.1. The second-order valence-electron chi connectivity index (χ2n) is 5.61. The summed E-state index contributed by atoms with van der Waals surface area (Å²) < 4.78 is 4.99. The van der Waals surface area contributed by atoms with E-state index in [4.69, 9.17) is 4.74 Å². The van der Waals surface area contributed by atoms with Crippen molar-refractivity contribution < 1.29 is 19.4 Å². The molecule has 0 radical (unpaired) electrons. The van der Waals surface area contributed by atoms with E-state index in [1.54, 1.807) is 24.3 Å². The predicted octanol–water partition coefficient (Wildman–Crippen LogP) is 2.64. The Morgan fingerprint density at radius 1 is 1.04 bits per heavy atom. The van der Waals surface area contributed by atoms with Crippen molar-refractivity contribution in [1.82, 2.24) is 5.43 Å². The van der Waals surface area contributed by atoms with E-state index < -0.39 is 11.8 Å². The number of nitrogens with zero attached hydrogens (tertiary/aromatic N) is 1. The van der Waals surface area contributed by atoms with Gasteiger partial charge in [0.1, 0.15) is 0 Å². The van der Waals surface area contributed by atoms with Crippen molar-refractivity contribution in [1.29, 1.82) is 0 Å². The van der Waals surface area contributed by atoms with Crippen LogP contribution in [0.25, 0.3) is 10.8 Å². The number of ether oxygens (including phenoxy) is 1. The number of methoxy groups -OCH3 is 1. The molecule has 0 aliphatic rings. The number of hydrogen-bond acceptors (Lipinski definition) is 5. The summed E-state index contributed by atoms with van der Waals surface area (Å²) in [6.45, 7) is 0. The summed E-state index contributed by atoms with van der Waals surface area (Å²) in [5.41, 5.74) is 3.29. The molecule has 0 saturated carbocycles. The lowest BCUT2D eigenvalue weighted by Gasteiger charge is -2.07. The van der Waals surface area contributed by atoms with Crippen LogP contribution in [0.1, 0.15) is 5.56 Å². The lowest BCUT2D eigenvalue weighted by Crippen LogP contribution is -2.32. The Kier molecular flexibility index (Phi) is 5.32. The number of phenols is 1. The molecule has 0 aliphatic carbocycles. The zero-order valence-corrected chi connectivity index (χ0v) is 14.5. The number of anilines is 1. The van der Waals surface area contributed by atoms with Gasteiger partial charge in [-0.05, 0) is 35.2 Å². The summed E-state index contributed by atoms with van der Waals surface area (Å²) in [7, 11) is 1.43. The molecule has 3 aromatic rings. The van der Waals surface area contributed by atoms with Crippen LogP contribution in [-0.2, 0) is 9.59 Å². The number of hydrogen-bond donors (Lipinski definition) is 3. The minimum absolute atomic E-state index is 0.00634. The van der Waals surface area contributed by atoms with E-state index in [1.165, 1.54) is 19.4 Å². The average Bonchev–Trinajstić information content (AvgIpc) is 2.69. The smallest absolute Gasteiger partial charge is 0.329 e. The number of nitrogens with one attached hydrogen (secondary N) is 2. The van der Waals surface area contributed by atoms with Gasteiger partial charge in [0.25, 0.3) is 0 Å². The first kappa shape index (κ1) is 17.9. The van der Waals surface area contributed by atoms with Crippen LogP contribution in [0.5, 0.6) is 11.5 Å². The number of phenolic OH excluding ortho intramolecular Hbond substituents is 1. The maximum Gasteiger partial charge on any atom is 0.329 e. The molecular formula is C20H17N3O4. The van der Waals surface area contributed by atoms with Gasteiger partial charge in [-0.2, -0.15) is 5.10 Å². The molecule has 0 aromatic heterocycles. The third-order valence-corrected chi connectivity index (χ3v) is 3.83. The number of hydrazone groups is 1. The maximum atomic E-state index is 12.1. The first-order valence-electron chi connectivity index (χ1n) is 8.07. The van der Waals surface area contributed by atoms with Crippen LogP contribution < -0.4 is 15.5 Å². The normalized spacial score (nSPS) is 10.7. The second-order valence-corrected chi connectivity index (χ2v) is 5.61. The molecule has 0 bridgehead atoms. The number of carbonyl (C=O) groups excluding carboxylic acids is 2. The summed E-state index contributed by atoms with van der Waals surface area (Å²) in [6.07, 6.45) is 1.34. The highest BCUT2D eigenvalue weighted by Crippen LogP contribution is 2.25. The van der Waals surface area contributed by atoms with Gasteiger partial charge in [-0.15, -0.1) is 0 Å². The zero-order chi connectivity index (χ0) is 19.2. The fourth-order valence-corrected chi connectivity index (χ4v) is 2.50. The third kappa shape index (κ3) is 4.21. The van der Waals surface area contributed by atoms with Crippen molar-refractivity contribution in [2.24, 2.45) is 5.10 Å². The Labute approximate surface area is 155 Å². The number of fused-ring (bicyclic) bond motifs is 1. The topological polar surface area (TPSA) is 100 Å². The summed E-state index contributed by atoms with van der Waals surface area (Å²) in [6, 6.07) is 17.5. The van der Waals surface area contributed by atoms with Crippen LogP contribution >= 0.6 is 0 Å². The lowest BCUT2D eigenvalue weighted by molar-refractivity contribution is -0.136. The molecule has 7 nitrogen and oxygen atoms in total. The largest absolute Gasteiger partial charge is 0.504 e. The zero-order valence-electron chi connectivity index (χ0n) is 14.5. The Balaban J connectivity index is 1.65. The van der Waals surface area contributed by atoms with Crippen LogP contribution in [0.3, 0.4) is 0 Å². The van der Waals surface area contributed by atoms with Gasteiger partial charge in [0.05, 0.1) is 13.3 Å². The molecule has 0 heterocycles. The molecule has 0 fully saturated rings. The maximum absolute atomic E-state index is 12.1. The Hall–Kier alpha value is -3.87. The van der Waals surface area contributed by atoms with E-state index in [0.717, 1.165) is 10.8 Å². The Morgan fingerprint density at radius 3 is 2.63 bits per heavy atom. The minimum Gasteiger partial charge on any atom is -0.504 e. The molecule has 27 heavy (non-hydrogen) atoms. The summed E-state index contributed by atoms with van der Waals surface area (Å²) in [4.78, 5) is 24.0. The number of benzene rings is 3. The summed E-state index contributed by atoms with van der Waals surface area (Å²) >= 11 is 0. The third-order valence-electron chi connectivity index (χ3n) is 3.83. The van der Waals surface area contributed by atoms with Crippen molar-refractivity contribution >= 4 is 34.5 Å². The molecule has 136 valence electrons. The SMILES string of the molecule is COc1cc(/C=N\NC(=O)C(=O)Nc2cccc3ccccc23)ccc1O. The number of carbonyl (C=O) groups is 2. The fraction of sp³-hybridized carbons (Fsp3) is 0.0500. The standard InChI is InChI=1S/C20H17N3O4/c1-27-18-11-13(9-10-17(18)24)12-21-23-20(26)19(25)22-16-8-4-6-14-5-2-3-7-15(14)16/h2-12,24H,1H3,(H,22,25)(H,23,26)/b21-12-. The quantitative estimate of drug-likeness (QED) is 0.377. The van der Waals surface area contributed by atoms with Gasteiger partial charge in [0.2, 0.25) is 0 Å². The van der Waals surface area contributed by atoms with Crippen LogP contribution in [0.4, 0.5) is 5.69 Å². The van der Waals surface area contributed by atoms with Crippen molar-refractivity contribution in [3.05, 3.63) is 66.2 Å². The molecule has 0 unspecified atom stereocenters. The lowest BCUT2D eigenvalue weighted by atomic mass is 10.1. The van der Waals surface area contributed by atoms with Crippen LogP contribution in [0.15, 0.2) is 65.8 Å². The van der Waals surface area contributed by atoms with Gasteiger partial charge < -0.3 is 15.2 Å². The monoisotopic (exact) mass is 363 g/mol. The summed E-state index contributed by atoms with van der Waals surface area (Å²) in [5, 5.41) is 17.7. The molecule has 3 aromatic carbocycles. The highest BCUT2D eigenvalue weighted by Gasteiger charge is 2.14. The summed E-state index contributed by atoms with van der Waals surface area (Å²) in [5.74, 6) is -1.45. The van der Waals surface area contributed by atoms with Crippen molar-refractivity contribution in [3.63, 3.8) is 0 Å². The van der Waals surface area contributed by atoms with Crippen LogP contribution in [0.2, 0.25) is 0 Å². The fourth-order valence-electron chi connectivity index (χ4n) is 2.50. The Bertz CT molecular complexity index is 1030. The molecule has 7 heteroatoms. The van der Waals surface area contributed by atoms with Gasteiger partial charge >= 0.3 is 11.8 Å². The van der Waals surface area contributed by atoms with Crippen LogP contribution in [-0.4, -0.2) is 30.2 Å². The molecule has 0 atom stereocenters. The van der Waals surface area contributed by atoms with Gasteiger partial charge in [-0.25, -0.2) is 5.43 Å². The van der Waals surface area contributed by atoms with E-state index in [1.807, 2.05) is 30.3 Å². The van der Waals surface area contributed by atoms with Gasteiger partial charge in [-0.1, -0.05) is 36.4 Å². The number of rotatable bonds is 4. The second kappa shape index (κ2) is 8.01. The molecule has 2 amide bonds. The molecule has 0 spiro atoms. The average molecular weight is 363 g/mol. The number of aromatic hydroxyl groups is 1. The number of amides is 2. The van der Waals surface area contributed by atoms with Gasteiger partial charge in [0, 0.05) is 11.1 Å². The highest BCUT2D eigenvalue weighted by molar-refractivity contribution is 6.40. The van der Waals surface area contributed by atoms with Crippen molar-refractivity contribution in [3.8, 4) is 11.5 Å². The van der Waals surface area contributed by atoms with Gasteiger partial charge in [0.15, 0.2) is 11.5 Å². The molecular weight excluding hydrogens is 346 g/mol. The van der Waals surface area contributed by atoms with Crippen molar-refractivity contribution in [2.45, 2.75) is 0 Å². The Morgan fingerprint density at radius 2 is 1.81 bits per heavy atom. The van der Waals surface area contributed by atoms with Crippen molar-refractivity contribution in [2.75, 3.05) is 12.4 Å². The molecule has 0 aliphatic heterocycles. The minimum atomic E-state index is -0.898. The van der Waals surface area contributed by atoms with E-state index in [2.05, 4.69) is 15.8 Å². The van der Waals surface area contributed by atoms with Crippen LogP contribution in [0, 0.1) is 0 Å². The first-order valence-corrected chi connectivity index (χ1v) is 8.07. The molecule has 3 N–H and O–H groups in total. The van der Waals surface area contributed by atoms with E-state index in [-0.39, 0.29) is 11.5 Å². The molecule has 3 rings (SSSR count). The molecule has 0 saturated heterocycles. The van der Waals surface area contributed by atoms with E-state index >= 15 is 0 Å². The predicted molar refractivity (Wildman–Crippen MR) is 103 cm³/mol. The van der Waals surface area contributed by atoms with E-state index in [0.29, 0.717) is 11.3 Å². The highest BCUT2D eigenvalue weighted by atomic mass is 16.5. The van der Waals surface area contributed by atoms with Gasteiger partial charge in [-0.3, -0.25) is 9.59 Å². The van der Waals surface area contributed by atoms with E-state index in [9.17, 15) is 14.7 Å².